The number of rotatable bonds is 1. The van der Waals surface area contributed by atoms with Gasteiger partial charge in [-0.05, 0) is 17.4 Å². The van der Waals surface area contributed by atoms with Crippen LogP contribution >= 0.6 is 0 Å². The Morgan fingerprint density at radius 3 is 2.88 bits per heavy atom. The van der Waals surface area contributed by atoms with E-state index >= 15 is 0 Å². The van der Waals surface area contributed by atoms with Crippen LogP contribution in [0.15, 0.2) is 36.4 Å². The van der Waals surface area contributed by atoms with Gasteiger partial charge in [0.1, 0.15) is 5.75 Å². The van der Waals surface area contributed by atoms with Gasteiger partial charge in [0.2, 0.25) is 0 Å². The summed E-state index contributed by atoms with van der Waals surface area (Å²) in [5.41, 5.74) is 1.06. The summed E-state index contributed by atoms with van der Waals surface area (Å²) < 4.78 is 5.51. The maximum absolute atomic E-state index is 10.8. The zero-order valence-electron chi connectivity index (χ0n) is 9.13. The highest BCUT2D eigenvalue weighted by atomic mass is 16.7. The van der Waals surface area contributed by atoms with Crippen molar-refractivity contribution in [2.45, 2.75) is 19.1 Å². The number of nitrogens with zero attached hydrogens (tertiary/aromatic N) is 1. The van der Waals surface area contributed by atoms with Gasteiger partial charge in [0.25, 0.3) is 0 Å². The number of aryl methyl sites for hydroxylation is 1. The van der Waals surface area contributed by atoms with Gasteiger partial charge in [-0.2, -0.15) is 0 Å². The summed E-state index contributed by atoms with van der Waals surface area (Å²) in [7, 11) is 0. The molecule has 0 saturated carbocycles. The fourth-order valence-electron chi connectivity index (χ4n) is 2.25. The molecule has 86 valence electrons. The van der Waals surface area contributed by atoms with Gasteiger partial charge in [0.15, 0.2) is 0 Å². The molecule has 0 spiro atoms. The molecule has 1 aliphatic heterocycles. The van der Waals surface area contributed by atoms with E-state index in [2.05, 4.69) is 0 Å². The third kappa shape index (κ3) is 1.62. The molecule has 1 unspecified atom stereocenters. The van der Waals surface area contributed by atoms with Crippen molar-refractivity contribution in [2.75, 3.05) is 0 Å². The molecule has 0 aromatic heterocycles. The monoisotopic (exact) mass is 229 g/mol. The summed E-state index contributed by atoms with van der Waals surface area (Å²) in [5.74, 6) is 0.677. The van der Waals surface area contributed by atoms with E-state index in [0.29, 0.717) is 18.6 Å². The van der Waals surface area contributed by atoms with E-state index in [4.69, 9.17) is 4.74 Å². The smallest absolute Gasteiger partial charge is 0.354 e. The number of hydrogen-bond acceptors (Lipinski definition) is 3. The van der Waals surface area contributed by atoms with Crippen molar-refractivity contribution in [3.05, 3.63) is 52.1 Å². The van der Waals surface area contributed by atoms with E-state index in [1.165, 1.54) is 0 Å². The molecule has 3 rings (SSSR count). The summed E-state index contributed by atoms with van der Waals surface area (Å²) in [6.45, 7) is 0. The second-order valence-corrected chi connectivity index (χ2v) is 4.17. The van der Waals surface area contributed by atoms with Crippen LogP contribution in [0.4, 0.5) is 0 Å². The second-order valence-electron chi connectivity index (χ2n) is 4.17. The number of benzene rings is 2. The summed E-state index contributed by atoms with van der Waals surface area (Å²) in [4.78, 5) is 10.4. The van der Waals surface area contributed by atoms with Crippen LogP contribution in [0.5, 0.6) is 5.75 Å². The molecule has 4 heteroatoms. The van der Waals surface area contributed by atoms with Gasteiger partial charge >= 0.3 is 6.23 Å². The molecule has 2 aromatic carbocycles. The molecule has 0 radical (unpaired) electrons. The van der Waals surface area contributed by atoms with E-state index in [1.54, 1.807) is 0 Å². The summed E-state index contributed by atoms with van der Waals surface area (Å²) in [5, 5.41) is 12.8. The minimum absolute atomic E-state index is 0.356. The number of ether oxygens (including phenoxy) is 1. The number of fused-ring (bicyclic) bond motifs is 3. The molecule has 0 saturated heterocycles. The van der Waals surface area contributed by atoms with E-state index in [-0.39, 0.29) is 4.92 Å². The Kier molecular flexibility index (Phi) is 2.21. The summed E-state index contributed by atoms with van der Waals surface area (Å²) >= 11 is 0. The van der Waals surface area contributed by atoms with Crippen molar-refractivity contribution in [2.24, 2.45) is 0 Å². The van der Waals surface area contributed by atoms with Crippen LogP contribution in [0.25, 0.3) is 10.8 Å². The minimum Gasteiger partial charge on any atom is -0.429 e. The molecule has 0 N–H and O–H groups in total. The highest BCUT2D eigenvalue weighted by Crippen LogP contribution is 2.35. The van der Waals surface area contributed by atoms with Crippen molar-refractivity contribution < 1.29 is 9.66 Å². The van der Waals surface area contributed by atoms with Crippen molar-refractivity contribution in [1.29, 1.82) is 0 Å². The van der Waals surface area contributed by atoms with Crippen LogP contribution in [0.2, 0.25) is 0 Å². The topological polar surface area (TPSA) is 52.4 Å². The lowest BCUT2D eigenvalue weighted by molar-refractivity contribution is -0.564. The maximum atomic E-state index is 10.8. The Bertz CT molecular complexity index is 594. The third-order valence-electron chi connectivity index (χ3n) is 3.11. The van der Waals surface area contributed by atoms with E-state index in [0.717, 1.165) is 16.3 Å². The lowest BCUT2D eigenvalue weighted by Gasteiger charge is -2.21. The number of hydrogen-bond donors (Lipinski definition) is 0. The average Bonchev–Trinajstić information content (AvgIpc) is 2.38. The van der Waals surface area contributed by atoms with E-state index < -0.39 is 6.23 Å². The van der Waals surface area contributed by atoms with Crippen LogP contribution in [0.1, 0.15) is 12.0 Å². The first-order valence-corrected chi connectivity index (χ1v) is 5.56. The fourth-order valence-corrected chi connectivity index (χ4v) is 2.25. The SMILES string of the molecule is O=[N+]([O-])C1CCc2ccc3ccccc3c2O1. The Morgan fingerprint density at radius 2 is 2.06 bits per heavy atom. The normalized spacial score (nSPS) is 18.5. The minimum atomic E-state index is -0.909. The predicted octanol–water partition coefficient (Wildman–Crippen LogP) is 2.77. The summed E-state index contributed by atoms with van der Waals surface area (Å²) in [6.07, 6.45) is 0.234. The molecule has 4 nitrogen and oxygen atoms in total. The highest BCUT2D eigenvalue weighted by Gasteiger charge is 2.28. The Labute approximate surface area is 98.0 Å². The van der Waals surface area contributed by atoms with E-state index in [9.17, 15) is 10.1 Å². The van der Waals surface area contributed by atoms with Crippen molar-refractivity contribution in [3.8, 4) is 5.75 Å². The molecular weight excluding hydrogens is 218 g/mol. The molecular formula is C13H11NO3. The van der Waals surface area contributed by atoms with Gasteiger partial charge in [0.05, 0.1) is 11.3 Å². The Morgan fingerprint density at radius 1 is 1.24 bits per heavy atom. The Balaban J connectivity index is 2.15. The zero-order chi connectivity index (χ0) is 11.8. The summed E-state index contributed by atoms with van der Waals surface area (Å²) in [6, 6.07) is 11.8. The standard InChI is InChI=1S/C13H11NO3/c15-14(16)12-8-7-10-6-5-9-3-1-2-4-11(9)13(10)17-12/h1-6,12H,7-8H2. The van der Waals surface area contributed by atoms with Crippen molar-refractivity contribution in [1.82, 2.24) is 0 Å². The molecule has 1 heterocycles. The largest absolute Gasteiger partial charge is 0.429 e. The van der Waals surface area contributed by atoms with Crippen LogP contribution in [0.3, 0.4) is 0 Å². The highest BCUT2D eigenvalue weighted by molar-refractivity contribution is 5.89. The van der Waals surface area contributed by atoms with Gasteiger partial charge < -0.3 is 4.74 Å². The van der Waals surface area contributed by atoms with Crippen LogP contribution < -0.4 is 4.74 Å². The van der Waals surface area contributed by atoms with Gasteiger partial charge in [-0.3, -0.25) is 10.1 Å². The lowest BCUT2D eigenvalue weighted by atomic mass is 10.00. The van der Waals surface area contributed by atoms with Crippen molar-refractivity contribution >= 4 is 10.8 Å². The molecule has 17 heavy (non-hydrogen) atoms. The first-order chi connectivity index (χ1) is 8.25. The zero-order valence-corrected chi connectivity index (χ0v) is 9.13. The van der Waals surface area contributed by atoms with Crippen LogP contribution in [-0.4, -0.2) is 11.2 Å². The number of nitro groups is 1. The first-order valence-electron chi connectivity index (χ1n) is 5.56. The quantitative estimate of drug-likeness (QED) is 0.558. The van der Waals surface area contributed by atoms with E-state index in [1.807, 2.05) is 36.4 Å². The Hall–Kier alpha value is -2.10. The fraction of sp³-hybridized carbons (Fsp3) is 0.231. The third-order valence-corrected chi connectivity index (χ3v) is 3.11. The molecule has 0 fully saturated rings. The molecule has 0 aliphatic carbocycles. The molecule has 2 aromatic rings. The van der Waals surface area contributed by atoms with Gasteiger partial charge in [-0.25, -0.2) is 0 Å². The van der Waals surface area contributed by atoms with Crippen LogP contribution in [0, 0.1) is 10.1 Å². The van der Waals surface area contributed by atoms with Gasteiger partial charge in [-0.1, -0.05) is 36.4 Å². The predicted molar refractivity (Wildman–Crippen MR) is 63.7 cm³/mol. The first kappa shape index (κ1) is 10.1. The average molecular weight is 229 g/mol. The van der Waals surface area contributed by atoms with Gasteiger partial charge in [-0.15, -0.1) is 0 Å². The second kappa shape index (κ2) is 3.73. The van der Waals surface area contributed by atoms with Crippen molar-refractivity contribution in [3.63, 3.8) is 0 Å². The molecule has 1 aliphatic rings. The molecule has 1 atom stereocenters. The lowest BCUT2D eigenvalue weighted by Crippen LogP contribution is -2.30. The molecule has 0 bridgehead atoms. The van der Waals surface area contributed by atoms with Gasteiger partial charge in [0, 0.05) is 5.39 Å². The maximum Gasteiger partial charge on any atom is 0.354 e. The van der Waals surface area contributed by atoms with Crippen LogP contribution in [-0.2, 0) is 6.42 Å². The molecule has 0 amide bonds.